The van der Waals surface area contributed by atoms with Gasteiger partial charge in [0.1, 0.15) is 17.3 Å². The van der Waals surface area contributed by atoms with Crippen molar-refractivity contribution in [2.45, 2.75) is 40.3 Å². The van der Waals surface area contributed by atoms with Gasteiger partial charge in [0.05, 0.1) is 17.2 Å². The number of piperazine rings is 1. The Hall–Kier alpha value is -3.43. The molecule has 1 aliphatic rings. The fourth-order valence-electron chi connectivity index (χ4n) is 4.87. The summed E-state index contributed by atoms with van der Waals surface area (Å²) in [5, 5.41) is 3.12. The predicted octanol–water partition coefficient (Wildman–Crippen LogP) is 4.80. The Kier molecular flexibility index (Phi) is 6.93. The summed E-state index contributed by atoms with van der Waals surface area (Å²) in [7, 11) is 0. The molecule has 0 amide bonds. The number of hydrogen-bond acceptors (Lipinski definition) is 7. The SMILES string of the molecule is CCN1CCN(Cc2ccc(Nc3ncc(F)c(-c4ccc5nc(C)n(C(C)C)c5c4)n3)nc2)CC1. The molecule has 0 atom stereocenters. The van der Waals surface area contributed by atoms with E-state index >= 15 is 0 Å². The molecular weight excluding hydrogens is 455 g/mol. The van der Waals surface area contributed by atoms with E-state index in [1.54, 1.807) is 0 Å². The number of imidazole rings is 1. The first-order valence-corrected chi connectivity index (χ1v) is 12.6. The molecule has 0 aliphatic carbocycles. The number of hydrogen-bond donors (Lipinski definition) is 1. The smallest absolute Gasteiger partial charge is 0.229 e. The summed E-state index contributed by atoms with van der Waals surface area (Å²) >= 11 is 0. The highest BCUT2D eigenvalue weighted by Gasteiger charge is 2.17. The predicted molar refractivity (Wildman–Crippen MR) is 141 cm³/mol. The third-order valence-electron chi connectivity index (χ3n) is 6.78. The summed E-state index contributed by atoms with van der Waals surface area (Å²) in [5.41, 5.74) is 3.93. The zero-order chi connectivity index (χ0) is 25.2. The quantitative estimate of drug-likeness (QED) is 0.401. The summed E-state index contributed by atoms with van der Waals surface area (Å²) in [6.07, 6.45) is 3.08. The summed E-state index contributed by atoms with van der Waals surface area (Å²) in [4.78, 5) is 22.7. The molecule has 1 aliphatic heterocycles. The van der Waals surface area contributed by atoms with Crippen molar-refractivity contribution in [1.82, 2.24) is 34.3 Å². The second kappa shape index (κ2) is 10.3. The molecule has 188 valence electrons. The maximum atomic E-state index is 14.8. The van der Waals surface area contributed by atoms with Crippen molar-refractivity contribution in [3.05, 3.63) is 59.9 Å². The number of likely N-dealkylation sites (N-methyl/N-ethyl adjacent to an activating group) is 1. The zero-order valence-corrected chi connectivity index (χ0v) is 21.4. The fraction of sp³-hybridized carbons (Fsp3) is 0.407. The molecule has 1 fully saturated rings. The summed E-state index contributed by atoms with van der Waals surface area (Å²) < 4.78 is 16.9. The molecule has 4 aromatic rings. The Labute approximate surface area is 211 Å². The Balaban J connectivity index is 1.32. The monoisotopic (exact) mass is 488 g/mol. The minimum Gasteiger partial charge on any atom is -0.326 e. The van der Waals surface area contributed by atoms with E-state index < -0.39 is 5.82 Å². The van der Waals surface area contributed by atoms with Gasteiger partial charge in [-0.1, -0.05) is 19.1 Å². The van der Waals surface area contributed by atoms with Crippen LogP contribution in [0.1, 0.15) is 38.2 Å². The van der Waals surface area contributed by atoms with Gasteiger partial charge in [0, 0.05) is 50.5 Å². The van der Waals surface area contributed by atoms with Crippen molar-refractivity contribution >= 4 is 22.8 Å². The van der Waals surface area contributed by atoms with Gasteiger partial charge in [-0.15, -0.1) is 0 Å². The van der Waals surface area contributed by atoms with Crippen LogP contribution in [0.15, 0.2) is 42.7 Å². The molecular formula is C27H33FN8. The summed E-state index contributed by atoms with van der Waals surface area (Å²) in [5.74, 6) is 1.38. The molecule has 0 unspecified atom stereocenters. The van der Waals surface area contributed by atoms with Crippen LogP contribution in [0.4, 0.5) is 16.2 Å². The fourth-order valence-corrected chi connectivity index (χ4v) is 4.87. The van der Waals surface area contributed by atoms with Crippen LogP contribution < -0.4 is 5.32 Å². The van der Waals surface area contributed by atoms with Crippen molar-refractivity contribution < 1.29 is 4.39 Å². The first kappa shape index (κ1) is 24.3. The summed E-state index contributed by atoms with van der Waals surface area (Å²) in [6, 6.07) is 9.93. The van der Waals surface area contributed by atoms with Crippen LogP contribution in [0.2, 0.25) is 0 Å². The Bertz CT molecular complexity index is 1340. The van der Waals surface area contributed by atoms with Gasteiger partial charge in [0.25, 0.3) is 0 Å². The minimum atomic E-state index is -0.473. The lowest BCUT2D eigenvalue weighted by molar-refractivity contribution is 0.132. The Morgan fingerprint density at radius 1 is 0.972 bits per heavy atom. The molecule has 1 N–H and O–H groups in total. The number of nitrogens with one attached hydrogen (secondary N) is 1. The maximum absolute atomic E-state index is 14.8. The molecule has 1 saturated heterocycles. The van der Waals surface area contributed by atoms with Gasteiger partial charge < -0.3 is 14.8 Å². The molecule has 3 aromatic heterocycles. The van der Waals surface area contributed by atoms with E-state index in [2.05, 4.69) is 66.5 Å². The Morgan fingerprint density at radius 2 is 1.75 bits per heavy atom. The van der Waals surface area contributed by atoms with Gasteiger partial charge in [0.15, 0.2) is 5.82 Å². The normalized spacial score (nSPS) is 15.2. The molecule has 9 heteroatoms. The third-order valence-corrected chi connectivity index (χ3v) is 6.78. The molecule has 1 aromatic carbocycles. The van der Waals surface area contributed by atoms with E-state index in [4.69, 9.17) is 0 Å². The minimum absolute atomic E-state index is 0.242. The van der Waals surface area contributed by atoms with Crippen LogP contribution in [-0.4, -0.2) is 67.0 Å². The number of rotatable bonds is 7. The summed E-state index contributed by atoms with van der Waals surface area (Å²) in [6.45, 7) is 14.8. The number of halogens is 1. The standard InChI is InChI=1S/C27H33FN8/c1-5-34-10-12-35(13-11-34)17-20-6-9-25(29-15-20)32-27-30-16-22(28)26(33-27)21-7-8-23-24(14-21)36(18(2)3)19(4)31-23/h6-9,14-16,18H,5,10-13,17H2,1-4H3,(H,29,30,32,33). The average molecular weight is 489 g/mol. The first-order chi connectivity index (χ1) is 17.4. The van der Waals surface area contributed by atoms with Crippen LogP contribution in [0, 0.1) is 12.7 Å². The lowest BCUT2D eigenvalue weighted by Gasteiger charge is -2.33. The van der Waals surface area contributed by atoms with E-state index in [1.807, 2.05) is 37.4 Å². The number of nitrogens with zero attached hydrogens (tertiary/aromatic N) is 7. The van der Waals surface area contributed by atoms with E-state index in [0.717, 1.165) is 61.7 Å². The van der Waals surface area contributed by atoms with Crippen LogP contribution in [-0.2, 0) is 6.54 Å². The second-order valence-corrected chi connectivity index (χ2v) is 9.60. The lowest BCUT2D eigenvalue weighted by Crippen LogP contribution is -2.45. The van der Waals surface area contributed by atoms with Crippen molar-refractivity contribution in [3.63, 3.8) is 0 Å². The first-order valence-electron chi connectivity index (χ1n) is 12.6. The zero-order valence-electron chi connectivity index (χ0n) is 21.4. The maximum Gasteiger partial charge on any atom is 0.229 e. The van der Waals surface area contributed by atoms with E-state index in [-0.39, 0.29) is 11.7 Å². The number of anilines is 2. The molecule has 4 heterocycles. The van der Waals surface area contributed by atoms with Gasteiger partial charge in [-0.25, -0.2) is 24.3 Å². The highest BCUT2D eigenvalue weighted by atomic mass is 19.1. The van der Waals surface area contributed by atoms with E-state index in [0.29, 0.717) is 17.3 Å². The molecule has 0 saturated carbocycles. The largest absolute Gasteiger partial charge is 0.326 e. The van der Waals surface area contributed by atoms with Gasteiger partial charge in [-0.2, -0.15) is 0 Å². The van der Waals surface area contributed by atoms with Crippen LogP contribution >= 0.6 is 0 Å². The van der Waals surface area contributed by atoms with Crippen molar-refractivity contribution in [2.24, 2.45) is 0 Å². The average Bonchev–Trinajstić information content (AvgIpc) is 3.22. The van der Waals surface area contributed by atoms with Crippen molar-refractivity contribution in [3.8, 4) is 11.3 Å². The van der Waals surface area contributed by atoms with Crippen LogP contribution in [0.25, 0.3) is 22.3 Å². The Morgan fingerprint density at radius 3 is 2.44 bits per heavy atom. The molecule has 36 heavy (non-hydrogen) atoms. The van der Waals surface area contributed by atoms with E-state index in [9.17, 15) is 4.39 Å². The molecule has 0 bridgehead atoms. The molecule has 8 nitrogen and oxygen atoms in total. The number of aromatic nitrogens is 5. The third kappa shape index (κ3) is 5.08. The highest BCUT2D eigenvalue weighted by Crippen LogP contribution is 2.28. The van der Waals surface area contributed by atoms with Crippen molar-refractivity contribution in [2.75, 3.05) is 38.0 Å². The number of fused-ring (bicyclic) bond motifs is 1. The second-order valence-electron chi connectivity index (χ2n) is 9.60. The molecule has 0 spiro atoms. The van der Waals surface area contributed by atoms with E-state index in [1.165, 1.54) is 6.20 Å². The van der Waals surface area contributed by atoms with Crippen LogP contribution in [0.3, 0.4) is 0 Å². The topological polar surface area (TPSA) is 75.0 Å². The number of aryl methyl sites for hydroxylation is 1. The van der Waals surface area contributed by atoms with Gasteiger partial charge >= 0.3 is 0 Å². The van der Waals surface area contributed by atoms with Crippen LogP contribution in [0.5, 0.6) is 0 Å². The number of benzene rings is 1. The molecule has 5 rings (SSSR count). The molecule has 0 radical (unpaired) electrons. The van der Waals surface area contributed by atoms with Gasteiger partial charge in [-0.05, 0) is 51.1 Å². The number of pyridine rings is 1. The van der Waals surface area contributed by atoms with Crippen molar-refractivity contribution in [1.29, 1.82) is 0 Å². The highest BCUT2D eigenvalue weighted by molar-refractivity contribution is 5.82. The lowest BCUT2D eigenvalue weighted by atomic mass is 10.1. The van der Waals surface area contributed by atoms with Gasteiger partial charge in [-0.3, -0.25) is 4.90 Å². The van der Waals surface area contributed by atoms with Gasteiger partial charge in [0.2, 0.25) is 5.95 Å².